The molecule has 0 saturated heterocycles. The van der Waals surface area contributed by atoms with Crippen LogP contribution in [-0.4, -0.2) is 22.8 Å². The number of carbonyl (C=O) groups excluding carboxylic acids is 2. The van der Waals surface area contributed by atoms with Crippen molar-refractivity contribution in [3.05, 3.63) is 34.6 Å². The van der Waals surface area contributed by atoms with Gasteiger partial charge in [-0.2, -0.15) is 0 Å². The number of aliphatic hydroxyl groups is 1. The highest BCUT2D eigenvalue weighted by molar-refractivity contribution is 6.24. The van der Waals surface area contributed by atoms with Gasteiger partial charge in [0.1, 0.15) is 0 Å². The van der Waals surface area contributed by atoms with Gasteiger partial charge in [0, 0.05) is 22.9 Å². The maximum atomic E-state index is 13.0. The lowest BCUT2D eigenvalue weighted by Gasteiger charge is -2.36. The van der Waals surface area contributed by atoms with E-state index in [0.717, 1.165) is 11.1 Å². The zero-order valence-electron chi connectivity index (χ0n) is 16.6. The molecule has 0 unspecified atom stereocenters. The largest absolute Gasteiger partial charge is 0.401 e. The standard InChI is InChI=1S/C21H33NO3/c1-12(2)8-10-15-19(25)17(18(24)14(5)6)20(22)21(15,7)16(23)11-9-13(3)4/h8-9,14-16,23H,10-11,22H2,1-7H3/t15-,16+,21-/m1/s1. The Hall–Kier alpha value is -1.68. The van der Waals surface area contributed by atoms with Crippen molar-refractivity contribution in [1.29, 1.82) is 0 Å². The first-order valence-electron chi connectivity index (χ1n) is 8.97. The molecule has 3 atom stereocenters. The topological polar surface area (TPSA) is 80.4 Å². The monoisotopic (exact) mass is 347 g/mol. The number of rotatable bonds is 7. The fraction of sp³-hybridized carbons (Fsp3) is 0.619. The van der Waals surface area contributed by atoms with Crippen molar-refractivity contribution < 1.29 is 14.7 Å². The molecule has 0 aromatic heterocycles. The quantitative estimate of drug-likeness (QED) is 0.543. The van der Waals surface area contributed by atoms with E-state index < -0.39 is 17.4 Å². The minimum absolute atomic E-state index is 0.0981. The van der Waals surface area contributed by atoms with Crippen molar-refractivity contribution in [3.8, 4) is 0 Å². The van der Waals surface area contributed by atoms with E-state index in [-0.39, 0.29) is 28.8 Å². The van der Waals surface area contributed by atoms with Gasteiger partial charge in [-0.05, 0) is 40.5 Å². The molecule has 4 nitrogen and oxygen atoms in total. The van der Waals surface area contributed by atoms with Gasteiger partial charge in [0.25, 0.3) is 0 Å². The van der Waals surface area contributed by atoms with Crippen LogP contribution in [0.4, 0.5) is 0 Å². The fourth-order valence-electron chi connectivity index (χ4n) is 3.29. The molecule has 3 N–H and O–H groups in total. The van der Waals surface area contributed by atoms with Gasteiger partial charge in [-0.1, -0.05) is 44.1 Å². The molecular weight excluding hydrogens is 314 g/mol. The first kappa shape index (κ1) is 21.4. The summed E-state index contributed by atoms with van der Waals surface area (Å²) in [6.45, 7) is 13.2. The third-order valence-electron chi connectivity index (χ3n) is 5.11. The Balaban J connectivity index is 3.42. The van der Waals surface area contributed by atoms with Crippen molar-refractivity contribution in [2.45, 2.75) is 67.4 Å². The molecule has 25 heavy (non-hydrogen) atoms. The molecule has 0 aromatic rings. The normalized spacial score (nSPS) is 24.5. The van der Waals surface area contributed by atoms with E-state index in [0.29, 0.717) is 12.8 Å². The Morgan fingerprint density at radius 2 is 1.72 bits per heavy atom. The Labute approximate surface area is 151 Å². The van der Waals surface area contributed by atoms with Crippen LogP contribution in [0.1, 0.15) is 61.3 Å². The maximum absolute atomic E-state index is 13.0. The number of hydrogen-bond acceptors (Lipinski definition) is 4. The minimum atomic E-state index is -0.936. The summed E-state index contributed by atoms with van der Waals surface area (Å²) in [4.78, 5) is 25.6. The summed E-state index contributed by atoms with van der Waals surface area (Å²) in [5.74, 6) is -1.28. The van der Waals surface area contributed by atoms with Crippen LogP contribution < -0.4 is 5.73 Å². The molecule has 0 aliphatic heterocycles. The van der Waals surface area contributed by atoms with Gasteiger partial charge in [0.15, 0.2) is 11.6 Å². The zero-order chi connectivity index (χ0) is 19.5. The zero-order valence-corrected chi connectivity index (χ0v) is 16.6. The van der Waals surface area contributed by atoms with Crippen LogP contribution >= 0.6 is 0 Å². The van der Waals surface area contributed by atoms with E-state index >= 15 is 0 Å². The number of aliphatic hydroxyl groups excluding tert-OH is 1. The Morgan fingerprint density at radius 1 is 1.20 bits per heavy atom. The second-order valence-electron chi connectivity index (χ2n) is 8.06. The first-order chi connectivity index (χ1) is 11.4. The summed E-state index contributed by atoms with van der Waals surface area (Å²) in [7, 11) is 0. The summed E-state index contributed by atoms with van der Waals surface area (Å²) in [5, 5.41) is 10.9. The molecule has 140 valence electrons. The number of carbonyl (C=O) groups is 2. The number of Topliss-reactive ketones (excluding diaryl/α,β-unsaturated/α-hetero) is 2. The Morgan fingerprint density at radius 3 is 2.16 bits per heavy atom. The molecule has 1 rings (SSSR count). The van der Waals surface area contributed by atoms with E-state index in [1.54, 1.807) is 13.8 Å². The highest BCUT2D eigenvalue weighted by Crippen LogP contribution is 2.49. The van der Waals surface area contributed by atoms with Crippen LogP contribution in [0.25, 0.3) is 0 Å². The van der Waals surface area contributed by atoms with E-state index in [4.69, 9.17) is 5.73 Å². The summed E-state index contributed by atoms with van der Waals surface area (Å²) < 4.78 is 0. The molecule has 0 spiro atoms. The predicted molar refractivity (Wildman–Crippen MR) is 102 cm³/mol. The summed E-state index contributed by atoms with van der Waals surface area (Å²) >= 11 is 0. The molecule has 0 amide bonds. The Bertz CT molecular complexity index is 632. The van der Waals surface area contributed by atoms with E-state index in [1.165, 1.54) is 0 Å². The highest BCUT2D eigenvalue weighted by Gasteiger charge is 2.54. The predicted octanol–water partition coefficient (Wildman–Crippen LogP) is 3.70. The second-order valence-corrected chi connectivity index (χ2v) is 8.06. The molecule has 1 aliphatic rings. The average Bonchev–Trinajstić information content (AvgIpc) is 2.69. The second kappa shape index (κ2) is 8.13. The number of hydrogen-bond donors (Lipinski definition) is 2. The van der Waals surface area contributed by atoms with E-state index in [2.05, 4.69) is 0 Å². The minimum Gasteiger partial charge on any atom is -0.401 e. The van der Waals surface area contributed by atoms with Crippen LogP contribution in [0.3, 0.4) is 0 Å². The van der Waals surface area contributed by atoms with E-state index in [9.17, 15) is 14.7 Å². The summed E-state index contributed by atoms with van der Waals surface area (Å²) in [6, 6.07) is 0. The van der Waals surface area contributed by atoms with Crippen LogP contribution in [0.5, 0.6) is 0 Å². The first-order valence-corrected chi connectivity index (χ1v) is 8.97. The van der Waals surface area contributed by atoms with Gasteiger partial charge >= 0.3 is 0 Å². The molecule has 0 fully saturated rings. The van der Waals surface area contributed by atoms with Gasteiger partial charge in [-0.3, -0.25) is 9.59 Å². The molecule has 1 aliphatic carbocycles. The lowest BCUT2D eigenvalue weighted by atomic mass is 9.70. The average molecular weight is 347 g/mol. The maximum Gasteiger partial charge on any atom is 0.172 e. The molecule has 0 radical (unpaired) electrons. The lowest BCUT2D eigenvalue weighted by Crippen LogP contribution is -2.42. The van der Waals surface area contributed by atoms with E-state index in [1.807, 2.05) is 46.8 Å². The fourth-order valence-corrected chi connectivity index (χ4v) is 3.29. The van der Waals surface area contributed by atoms with Crippen LogP contribution in [-0.2, 0) is 9.59 Å². The third kappa shape index (κ3) is 4.30. The molecule has 4 heteroatoms. The van der Waals surface area contributed by atoms with Gasteiger partial charge in [-0.25, -0.2) is 0 Å². The van der Waals surface area contributed by atoms with Crippen molar-refractivity contribution in [1.82, 2.24) is 0 Å². The molecular formula is C21H33NO3. The third-order valence-corrected chi connectivity index (χ3v) is 5.11. The smallest absolute Gasteiger partial charge is 0.172 e. The van der Waals surface area contributed by atoms with Crippen LogP contribution in [0.2, 0.25) is 0 Å². The van der Waals surface area contributed by atoms with Crippen molar-refractivity contribution in [3.63, 3.8) is 0 Å². The van der Waals surface area contributed by atoms with Gasteiger partial charge < -0.3 is 10.8 Å². The summed E-state index contributed by atoms with van der Waals surface area (Å²) in [5.41, 5.74) is 7.92. The van der Waals surface area contributed by atoms with Crippen molar-refractivity contribution in [2.24, 2.45) is 23.0 Å². The van der Waals surface area contributed by atoms with Gasteiger partial charge in [-0.15, -0.1) is 0 Å². The van der Waals surface area contributed by atoms with Gasteiger partial charge in [0.05, 0.1) is 11.7 Å². The highest BCUT2D eigenvalue weighted by atomic mass is 16.3. The Kier molecular flexibility index (Phi) is 6.95. The molecule has 0 saturated carbocycles. The molecule has 0 heterocycles. The number of allylic oxidation sites excluding steroid dienone is 4. The van der Waals surface area contributed by atoms with Crippen LogP contribution in [0, 0.1) is 17.3 Å². The number of nitrogens with two attached hydrogens (primary N) is 1. The number of ketones is 2. The lowest BCUT2D eigenvalue weighted by molar-refractivity contribution is -0.126. The summed E-state index contributed by atoms with van der Waals surface area (Å²) in [6.07, 6.45) is 3.97. The van der Waals surface area contributed by atoms with Gasteiger partial charge in [0.2, 0.25) is 0 Å². The molecule has 0 bridgehead atoms. The van der Waals surface area contributed by atoms with Crippen LogP contribution in [0.15, 0.2) is 34.6 Å². The SMILES string of the molecule is CC(C)=CC[C@@H]1C(=O)C(C(=O)C(C)C)=C(N)[C@@]1(C)[C@@H](O)CC=C(C)C. The van der Waals surface area contributed by atoms with Crippen molar-refractivity contribution >= 4 is 11.6 Å². The van der Waals surface area contributed by atoms with Crippen molar-refractivity contribution in [2.75, 3.05) is 0 Å². The molecule has 0 aromatic carbocycles.